The molecule has 0 saturated heterocycles. The summed E-state index contributed by atoms with van der Waals surface area (Å²) in [5.41, 5.74) is -0.381. The third-order valence-corrected chi connectivity index (χ3v) is 2.43. The first-order valence-electron chi connectivity index (χ1n) is 3.44. The normalized spacial score (nSPS) is 9.77. The molecule has 0 aromatic carbocycles. The molecular formula is C8H7BrO4. The maximum absolute atomic E-state index is 11.4. The van der Waals surface area contributed by atoms with E-state index in [2.05, 4.69) is 15.9 Å². The predicted molar refractivity (Wildman–Crippen MR) is 49.4 cm³/mol. The second kappa shape index (κ2) is 3.74. The van der Waals surface area contributed by atoms with E-state index < -0.39 is 0 Å². The molecule has 0 fully saturated rings. The van der Waals surface area contributed by atoms with Crippen molar-refractivity contribution in [3.8, 4) is 5.75 Å². The summed E-state index contributed by atoms with van der Waals surface area (Å²) >= 11 is 3.03. The number of ether oxygens (including phenoxy) is 1. The number of carbonyl (C=O) groups is 1. The van der Waals surface area contributed by atoms with Crippen LogP contribution in [0.1, 0.15) is 16.3 Å². The van der Waals surface area contributed by atoms with Gasteiger partial charge in [-0.2, -0.15) is 0 Å². The number of methoxy groups -OCH3 is 1. The Morgan fingerprint density at radius 3 is 2.62 bits per heavy atom. The number of halogens is 1. The fourth-order valence-electron chi connectivity index (χ4n) is 0.898. The van der Waals surface area contributed by atoms with Crippen molar-refractivity contribution < 1.29 is 13.9 Å². The van der Waals surface area contributed by atoms with Gasteiger partial charge in [-0.05, 0) is 22.9 Å². The summed E-state index contributed by atoms with van der Waals surface area (Å²) in [5.74, 6) is 0.188. The quantitative estimate of drug-likeness (QED) is 0.743. The molecule has 0 spiro atoms. The van der Waals surface area contributed by atoms with Crippen molar-refractivity contribution in [2.45, 2.75) is 6.92 Å². The van der Waals surface area contributed by atoms with Gasteiger partial charge in [-0.25, -0.2) is 0 Å². The minimum Gasteiger partial charge on any atom is -0.489 e. The van der Waals surface area contributed by atoms with E-state index in [1.54, 1.807) is 6.92 Å². The van der Waals surface area contributed by atoms with Gasteiger partial charge >= 0.3 is 0 Å². The lowest BCUT2D eigenvalue weighted by atomic mass is 10.3. The molecule has 0 amide bonds. The summed E-state index contributed by atoms with van der Waals surface area (Å²) in [4.78, 5) is 21.9. The summed E-state index contributed by atoms with van der Waals surface area (Å²) in [5, 5.41) is 0. The fraction of sp³-hybridized carbons (Fsp3) is 0.250. The largest absolute Gasteiger partial charge is 0.489 e. The van der Waals surface area contributed by atoms with E-state index in [1.807, 2.05) is 0 Å². The molecule has 4 nitrogen and oxygen atoms in total. The van der Waals surface area contributed by atoms with Crippen LogP contribution in [-0.2, 0) is 0 Å². The highest BCUT2D eigenvalue weighted by Crippen LogP contribution is 2.19. The van der Waals surface area contributed by atoms with Crippen molar-refractivity contribution in [2.24, 2.45) is 0 Å². The zero-order chi connectivity index (χ0) is 10.0. The number of rotatable bonds is 2. The van der Waals surface area contributed by atoms with Crippen LogP contribution in [0.15, 0.2) is 13.7 Å². The molecule has 13 heavy (non-hydrogen) atoms. The van der Waals surface area contributed by atoms with E-state index in [4.69, 9.17) is 9.15 Å². The number of aldehydes is 1. The van der Waals surface area contributed by atoms with Gasteiger partial charge in [0.25, 0.3) is 0 Å². The Bertz CT molecular complexity index is 394. The number of hydrogen-bond acceptors (Lipinski definition) is 4. The summed E-state index contributed by atoms with van der Waals surface area (Å²) < 4.78 is 10.0. The molecule has 0 aliphatic rings. The van der Waals surface area contributed by atoms with Gasteiger partial charge < -0.3 is 9.15 Å². The third-order valence-electron chi connectivity index (χ3n) is 1.51. The molecule has 0 bridgehead atoms. The molecule has 1 aromatic rings. The third kappa shape index (κ3) is 1.65. The Morgan fingerprint density at radius 2 is 2.15 bits per heavy atom. The number of aryl methyl sites for hydroxylation is 1. The Labute approximate surface area is 82.6 Å². The van der Waals surface area contributed by atoms with Gasteiger partial charge in [0, 0.05) is 0 Å². The standard InChI is InChI=1S/C8H7BrO4/c1-4-6(9)7(11)8(12-2)5(3-10)13-4/h3H,1-2H3. The van der Waals surface area contributed by atoms with E-state index >= 15 is 0 Å². The predicted octanol–water partition coefficient (Wildman–Crippen LogP) is 1.53. The topological polar surface area (TPSA) is 56.5 Å². The summed E-state index contributed by atoms with van der Waals surface area (Å²) in [6, 6.07) is 0. The highest BCUT2D eigenvalue weighted by Gasteiger charge is 2.15. The van der Waals surface area contributed by atoms with Crippen LogP contribution in [-0.4, -0.2) is 13.4 Å². The van der Waals surface area contributed by atoms with E-state index in [1.165, 1.54) is 7.11 Å². The van der Waals surface area contributed by atoms with Crippen LogP contribution < -0.4 is 10.2 Å². The van der Waals surface area contributed by atoms with Crippen LogP contribution in [0.4, 0.5) is 0 Å². The number of hydrogen-bond donors (Lipinski definition) is 0. The first-order chi connectivity index (χ1) is 6.11. The zero-order valence-corrected chi connectivity index (χ0v) is 8.67. The van der Waals surface area contributed by atoms with E-state index in [0.717, 1.165) is 0 Å². The van der Waals surface area contributed by atoms with Crippen molar-refractivity contribution in [3.05, 3.63) is 26.2 Å². The Balaban J connectivity index is 3.58. The fourth-order valence-corrected chi connectivity index (χ4v) is 1.16. The SMILES string of the molecule is COc1c(C=O)oc(C)c(Br)c1=O. The van der Waals surface area contributed by atoms with Crippen LogP contribution in [0.25, 0.3) is 0 Å². The maximum Gasteiger partial charge on any atom is 0.241 e. The van der Waals surface area contributed by atoms with E-state index in [9.17, 15) is 9.59 Å². The molecule has 0 atom stereocenters. The van der Waals surface area contributed by atoms with Crippen LogP contribution in [0, 0.1) is 6.92 Å². The van der Waals surface area contributed by atoms with Gasteiger partial charge in [0.05, 0.1) is 7.11 Å². The zero-order valence-electron chi connectivity index (χ0n) is 7.09. The molecule has 0 unspecified atom stereocenters. The van der Waals surface area contributed by atoms with Gasteiger partial charge in [0.1, 0.15) is 10.2 Å². The first kappa shape index (κ1) is 9.98. The van der Waals surface area contributed by atoms with Crippen LogP contribution in [0.5, 0.6) is 5.75 Å². The molecule has 70 valence electrons. The Morgan fingerprint density at radius 1 is 1.54 bits per heavy atom. The van der Waals surface area contributed by atoms with Crippen LogP contribution in [0.2, 0.25) is 0 Å². The number of carbonyl (C=O) groups excluding carboxylic acids is 1. The van der Waals surface area contributed by atoms with Gasteiger partial charge in [-0.1, -0.05) is 0 Å². The van der Waals surface area contributed by atoms with Gasteiger partial charge in [0.15, 0.2) is 6.29 Å². The van der Waals surface area contributed by atoms with Crippen molar-refractivity contribution >= 4 is 22.2 Å². The summed E-state index contributed by atoms with van der Waals surface area (Å²) in [6.45, 7) is 1.58. The Hall–Kier alpha value is -1.10. The molecule has 5 heteroatoms. The van der Waals surface area contributed by atoms with Crippen LogP contribution in [0.3, 0.4) is 0 Å². The first-order valence-corrected chi connectivity index (χ1v) is 4.23. The van der Waals surface area contributed by atoms with Crippen molar-refractivity contribution in [3.63, 3.8) is 0 Å². The maximum atomic E-state index is 11.4. The summed E-state index contributed by atoms with van der Waals surface area (Å²) in [6.07, 6.45) is 0.444. The molecule has 1 rings (SSSR count). The second-order valence-electron chi connectivity index (χ2n) is 2.32. The van der Waals surface area contributed by atoms with Crippen LogP contribution >= 0.6 is 15.9 Å². The summed E-state index contributed by atoms with van der Waals surface area (Å²) in [7, 11) is 1.31. The molecule has 1 heterocycles. The highest BCUT2D eigenvalue weighted by atomic mass is 79.9. The van der Waals surface area contributed by atoms with E-state index in [-0.39, 0.29) is 21.4 Å². The molecule has 0 aliphatic heterocycles. The molecule has 1 aromatic heterocycles. The minimum atomic E-state index is -0.381. The van der Waals surface area contributed by atoms with Gasteiger partial charge in [-0.15, -0.1) is 0 Å². The lowest BCUT2D eigenvalue weighted by molar-refractivity contribution is 0.109. The molecule has 0 saturated carbocycles. The Kier molecular flexibility index (Phi) is 2.87. The molecule has 0 N–H and O–H groups in total. The van der Waals surface area contributed by atoms with Gasteiger partial charge in [0.2, 0.25) is 16.9 Å². The second-order valence-corrected chi connectivity index (χ2v) is 3.11. The molecular weight excluding hydrogens is 240 g/mol. The van der Waals surface area contributed by atoms with Crippen molar-refractivity contribution in [2.75, 3.05) is 7.11 Å². The van der Waals surface area contributed by atoms with Crippen molar-refractivity contribution in [1.82, 2.24) is 0 Å². The van der Waals surface area contributed by atoms with E-state index in [0.29, 0.717) is 12.0 Å². The molecule has 0 aliphatic carbocycles. The lowest BCUT2D eigenvalue weighted by Gasteiger charge is -2.03. The molecule has 0 radical (unpaired) electrons. The monoisotopic (exact) mass is 246 g/mol. The van der Waals surface area contributed by atoms with Gasteiger partial charge in [-0.3, -0.25) is 9.59 Å². The smallest absolute Gasteiger partial charge is 0.241 e. The average molecular weight is 247 g/mol. The van der Waals surface area contributed by atoms with Crippen molar-refractivity contribution in [1.29, 1.82) is 0 Å². The lowest BCUT2D eigenvalue weighted by Crippen LogP contribution is -2.10. The average Bonchev–Trinajstić information content (AvgIpc) is 2.13. The highest BCUT2D eigenvalue weighted by molar-refractivity contribution is 9.10. The minimum absolute atomic E-state index is 0.0764.